The molecule has 5 amide bonds. The lowest BCUT2D eigenvalue weighted by Gasteiger charge is -2.69. The molecule has 4 bridgehead atoms. The Bertz CT molecular complexity index is 5080. The third-order valence-electron chi connectivity index (χ3n) is 21.7. The molecule has 10 atom stereocenters. The molecule has 6 heterocycles. The van der Waals surface area contributed by atoms with Crippen molar-refractivity contribution >= 4 is 105 Å². The second-order valence-corrected chi connectivity index (χ2v) is 34.8. The molecule has 0 radical (unpaired) electrons. The largest absolute Gasteiger partial charge is 0.479 e. The molecule has 4 aliphatic carbocycles. The van der Waals surface area contributed by atoms with E-state index in [4.69, 9.17) is 38.3 Å². The van der Waals surface area contributed by atoms with Crippen molar-refractivity contribution < 1.29 is 114 Å². The van der Waals surface area contributed by atoms with E-state index in [2.05, 4.69) is 34.8 Å². The number of ether oxygens (including phenoxy) is 5. The molecule has 3 aliphatic heterocycles. The number of para-hydroxylation sites is 1. The number of aryl methyl sites for hydroxylation is 1. The number of likely N-dealkylation sites (tertiary alicyclic amines) is 1. The van der Waals surface area contributed by atoms with Crippen LogP contribution in [0.4, 0.5) is 5.13 Å². The number of carboxylic acids is 2. The molecular formula is C76H85N9O24S3. The van der Waals surface area contributed by atoms with Crippen molar-refractivity contribution in [3.63, 3.8) is 0 Å². The van der Waals surface area contributed by atoms with Crippen molar-refractivity contribution in [2.75, 3.05) is 56.3 Å². The van der Waals surface area contributed by atoms with Gasteiger partial charge < -0.3 is 64.8 Å². The number of imide groups is 1. The van der Waals surface area contributed by atoms with Crippen molar-refractivity contribution in [3.05, 3.63) is 137 Å². The standard InChI is InChI=1S/C76H85N9O24S3/c1-42-51(48-18-19-52(80-61(48)68(94)95)45-17-16-44-10-8-11-49(50(44)28-45)66(92)82-72-81-53-12-4-5-13-57(53)110-72)30-79-84(42)41-75-36-73(2)35-74(3,37-75)39-76(38-73,40-75)107-24-23-77-54(34-112(102,103)104)70(98)106-32-46-15-14-43(27-56(46)108-71-64(91)62(89)63(90)65(109-71)69(96)97)9-6-7-22-78-58(86)31-83-47(33-105-25-26-111(99,100)101)29-55(67(83)93)85-59(87)20-21-60(85)88/h4-5,8,10-21,27-28,30,47,54-55,62-65,71,77,89-91H,6-7,9,22-26,29,31-41H2,1-3H3,(H,78,86)(H,94,95)(H,96,97)(H,81,82,92)(H,99,100,101)(H,102,103,104)/t47-,54?,55-,62-,63?,64+,65-,71+,73?,74?,75?,76?/m0/s1. The topological polar surface area (TPSA) is 479 Å². The number of carboxylic acid groups (broad SMARTS) is 2. The van der Waals surface area contributed by atoms with E-state index in [1.807, 2.05) is 60.1 Å². The summed E-state index contributed by atoms with van der Waals surface area (Å²) >= 11 is 1.36. The van der Waals surface area contributed by atoms with Gasteiger partial charge >= 0.3 is 17.9 Å². The number of nitrogens with one attached hydrogen (secondary N) is 3. The zero-order valence-corrected chi connectivity index (χ0v) is 63.6. The fourth-order valence-corrected chi connectivity index (χ4v) is 19.8. The van der Waals surface area contributed by atoms with Gasteiger partial charge in [-0.25, -0.2) is 19.6 Å². The number of pyridine rings is 1. The van der Waals surface area contributed by atoms with Crippen LogP contribution in [0.15, 0.2) is 109 Å². The molecule has 596 valence electrons. The molecule has 36 heteroatoms. The molecule has 14 rings (SSSR count). The highest BCUT2D eigenvalue weighted by atomic mass is 32.2. The monoisotopic (exact) mass is 1600 g/mol. The third-order valence-corrected chi connectivity index (χ3v) is 24.1. The molecular weight excluding hydrogens is 1520 g/mol. The van der Waals surface area contributed by atoms with Gasteiger partial charge in [0.15, 0.2) is 16.9 Å². The van der Waals surface area contributed by atoms with E-state index in [0.29, 0.717) is 82.7 Å². The minimum atomic E-state index is -4.85. The zero-order valence-electron chi connectivity index (χ0n) is 61.1. The van der Waals surface area contributed by atoms with Crippen LogP contribution in [-0.4, -0.2) is 234 Å². The highest BCUT2D eigenvalue weighted by molar-refractivity contribution is 7.86. The number of hydrogen-bond donors (Lipinski definition) is 10. The Labute approximate surface area is 646 Å². The third kappa shape index (κ3) is 17.9. The predicted octanol–water partition coefficient (Wildman–Crippen LogP) is 4.87. The van der Waals surface area contributed by atoms with Gasteiger partial charge in [0.05, 0.1) is 65.9 Å². The van der Waals surface area contributed by atoms with Crippen LogP contribution in [0.2, 0.25) is 0 Å². The first-order valence-corrected chi connectivity index (χ1v) is 40.4. The number of fused-ring (bicyclic) bond motifs is 2. The van der Waals surface area contributed by atoms with Crippen LogP contribution in [0.3, 0.4) is 0 Å². The number of aromatic nitrogens is 4. The van der Waals surface area contributed by atoms with Crippen molar-refractivity contribution in [2.45, 2.75) is 153 Å². The molecule has 7 aromatic rings. The number of aliphatic carboxylic acids is 1. The molecule has 0 spiro atoms. The van der Waals surface area contributed by atoms with Gasteiger partial charge in [0.1, 0.15) is 48.5 Å². The smallest absolute Gasteiger partial charge is 0.355 e. The molecule has 4 saturated carbocycles. The van der Waals surface area contributed by atoms with Crippen molar-refractivity contribution in [1.82, 2.24) is 40.2 Å². The zero-order chi connectivity index (χ0) is 80.0. The molecule has 3 aromatic heterocycles. The maximum Gasteiger partial charge on any atom is 0.355 e. The molecule has 2 saturated heterocycles. The summed E-state index contributed by atoms with van der Waals surface area (Å²) in [5.41, 5.74) is 2.88. The number of unbranched alkanes of at least 4 members (excludes halogenated alkanes) is 1. The summed E-state index contributed by atoms with van der Waals surface area (Å²) < 4.78 is 99.1. The average Bonchev–Trinajstić information content (AvgIpc) is 0.761. The van der Waals surface area contributed by atoms with E-state index in [-0.39, 0.29) is 78.3 Å². The quantitative estimate of drug-likeness (QED) is 0.0113. The Kier molecular flexibility index (Phi) is 23.1. The number of esters is 1. The number of benzene rings is 4. The molecule has 6 fully saturated rings. The van der Waals surface area contributed by atoms with Gasteiger partial charge in [-0.15, -0.1) is 0 Å². The lowest BCUT2D eigenvalue weighted by molar-refractivity contribution is -0.271. The minimum Gasteiger partial charge on any atom is -0.479 e. The van der Waals surface area contributed by atoms with Gasteiger partial charge in [0.2, 0.25) is 18.1 Å². The highest BCUT2D eigenvalue weighted by Gasteiger charge is 2.66. The maximum atomic E-state index is 14.1. The number of anilines is 1. The number of aromatic carboxylic acids is 1. The lowest BCUT2D eigenvalue weighted by atomic mass is 9.39. The first-order valence-electron chi connectivity index (χ1n) is 36.4. The summed E-state index contributed by atoms with van der Waals surface area (Å²) in [5.74, 6) is -9.28. The molecule has 4 aromatic carbocycles. The molecule has 10 N–H and O–H groups in total. The Morgan fingerprint density at radius 2 is 1.54 bits per heavy atom. The number of hydrogen-bond acceptors (Lipinski definition) is 25. The number of thiazole rings is 1. The van der Waals surface area contributed by atoms with Gasteiger partial charge in [-0.2, -0.15) is 21.9 Å². The average molecular weight is 1600 g/mol. The number of aliphatic hydroxyl groups excluding tert-OH is 3. The Hall–Kier alpha value is -9.57. The van der Waals surface area contributed by atoms with E-state index >= 15 is 0 Å². The molecule has 112 heavy (non-hydrogen) atoms. The first kappa shape index (κ1) is 80.5. The second-order valence-electron chi connectivity index (χ2n) is 30.7. The SMILES string of the molecule is Cc1c(-c2ccc(-c3ccc4cccc(C(=O)Nc5nc6ccccc6s5)c4c3)nc2C(=O)O)cnn1CC12CC3(C)CC(C)(C1)CC(OCCNC(CS(=O)(=O)O)C(=O)OCc1ccc(CCCCNC(=O)CN4C(=O)[C@@H](N5C(=O)C=CC5=O)C[C@H]4COCCS(=O)(=O)O)cc1O[C@@H]1O[C@H](C(=O)O)C(O)[C@H](O)[C@H]1O)(C3)C2. The summed E-state index contributed by atoms with van der Waals surface area (Å²) in [6.07, 6.45) is -0.995. The van der Waals surface area contributed by atoms with E-state index in [1.165, 1.54) is 23.5 Å². The van der Waals surface area contributed by atoms with E-state index in [0.717, 1.165) is 62.5 Å². The summed E-state index contributed by atoms with van der Waals surface area (Å²) in [5, 5.41) is 68.0. The second kappa shape index (κ2) is 32.1. The van der Waals surface area contributed by atoms with E-state index in [1.54, 1.807) is 36.5 Å². The predicted molar refractivity (Wildman–Crippen MR) is 400 cm³/mol. The Morgan fingerprint density at radius 3 is 2.25 bits per heavy atom. The summed E-state index contributed by atoms with van der Waals surface area (Å²) in [6.45, 7) is 4.92. The summed E-state index contributed by atoms with van der Waals surface area (Å²) in [4.78, 5) is 116. The van der Waals surface area contributed by atoms with Crippen LogP contribution in [-0.2, 0) is 87.5 Å². The van der Waals surface area contributed by atoms with Crippen LogP contribution in [0.1, 0.15) is 109 Å². The van der Waals surface area contributed by atoms with Crippen LogP contribution in [0.25, 0.3) is 43.4 Å². The van der Waals surface area contributed by atoms with Crippen LogP contribution < -0.4 is 20.7 Å². The lowest BCUT2D eigenvalue weighted by Crippen LogP contribution is -2.64. The number of amides is 5. The molecule has 4 unspecified atom stereocenters. The number of rotatable bonds is 33. The van der Waals surface area contributed by atoms with Gasteiger partial charge in [0, 0.05) is 71.7 Å². The van der Waals surface area contributed by atoms with Gasteiger partial charge in [-0.1, -0.05) is 73.7 Å². The van der Waals surface area contributed by atoms with Crippen LogP contribution >= 0.6 is 11.3 Å². The van der Waals surface area contributed by atoms with Gasteiger partial charge in [-0.05, 0) is 140 Å². The highest BCUT2D eigenvalue weighted by Crippen LogP contribution is 2.72. The summed E-state index contributed by atoms with van der Waals surface area (Å²) in [6, 6.07) is 22.7. The molecule has 7 aliphatic rings. The van der Waals surface area contributed by atoms with E-state index in [9.17, 15) is 85.3 Å². The normalized spacial score (nSPS) is 25.8. The first-order chi connectivity index (χ1) is 53.1. The van der Waals surface area contributed by atoms with Crippen LogP contribution in [0, 0.1) is 23.2 Å². The number of carbonyl (C=O) groups excluding carboxylic acids is 6. The van der Waals surface area contributed by atoms with Crippen molar-refractivity contribution in [3.8, 4) is 28.1 Å². The fourth-order valence-electron chi connectivity index (χ4n) is 17.9. The van der Waals surface area contributed by atoms with Crippen LogP contribution in [0.5, 0.6) is 5.75 Å². The summed E-state index contributed by atoms with van der Waals surface area (Å²) in [7, 11) is -9.24. The minimum absolute atomic E-state index is 0.00897. The Morgan fingerprint density at radius 1 is 0.786 bits per heavy atom. The number of nitrogens with zero attached hydrogens (tertiary/aromatic N) is 6. The maximum absolute atomic E-state index is 14.1. The van der Waals surface area contributed by atoms with Gasteiger partial charge in [0.25, 0.3) is 38.0 Å². The number of carbonyl (C=O) groups is 8. The number of aliphatic hydroxyl groups is 3. The van der Waals surface area contributed by atoms with Crippen molar-refractivity contribution in [2.24, 2.45) is 16.2 Å². The molecule has 33 nitrogen and oxygen atoms in total. The van der Waals surface area contributed by atoms with Gasteiger partial charge in [-0.3, -0.25) is 52.8 Å². The fraction of sp³-hybridized carbons (Fsp3) is 0.461. The Balaban J connectivity index is 0.645. The van der Waals surface area contributed by atoms with Crippen molar-refractivity contribution in [1.29, 1.82) is 0 Å². The van der Waals surface area contributed by atoms with E-state index < -0.39 is 147 Å².